The van der Waals surface area contributed by atoms with Gasteiger partial charge in [0, 0.05) is 12.1 Å². The predicted molar refractivity (Wildman–Crippen MR) is 34.8 cm³/mol. The van der Waals surface area contributed by atoms with Crippen LogP contribution in [0.4, 0.5) is 0 Å². The van der Waals surface area contributed by atoms with Gasteiger partial charge in [-0.1, -0.05) is 0 Å². The van der Waals surface area contributed by atoms with Gasteiger partial charge in [0.2, 0.25) is 5.09 Å². The van der Waals surface area contributed by atoms with Crippen molar-refractivity contribution in [3.63, 3.8) is 0 Å². The zero-order chi connectivity index (χ0) is 8.48. The van der Waals surface area contributed by atoms with Gasteiger partial charge in [0.1, 0.15) is 0 Å². The summed E-state index contributed by atoms with van der Waals surface area (Å²) in [7, 11) is -4.39. The lowest BCUT2D eigenvalue weighted by Crippen LogP contribution is -2.03. The summed E-state index contributed by atoms with van der Waals surface area (Å²) >= 11 is 0. The SMILES string of the molecule is O=c1ccoc(S(=O)(=O)O)c1. The Kier molecular flexibility index (Phi) is 1.79. The van der Waals surface area contributed by atoms with Crippen LogP contribution in [0.1, 0.15) is 0 Å². The van der Waals surface area contributed by atoms with Crippen LogP contribution in [0.5, 0.6) is 0 Å². The molecule has 0 aliphatic rings. The summed E-state index contributed by atoms with van der Waals surface area (Å²) < 4.78 is 33.3. The number of rotatable bonds is 1. The first-order chi connectivity index (χ1) is 5.00. The van der Waals surface area contributed by atoms with E-state index in [-0.39, 0.29) is 0 Å². The van der Waals surface area contributed by atoms with E-state index in [1.807, 2.05) is 0 Å². The van der Waals surface area contributed by atoms with Crippen LogP contribution >= 0.6 is 0 Å². The van der Waals surface area contributed by atoms with Crippen LogP contribution in [0.2, 0.25) is 0 Å². The molecule has 0 bridgehead atoms. The van der Waals surface area contributed by atoms with Crippen molar-refractivity contribution >= 4 is 10.1 Å². The first-order valence-electron chi connectivity index (χ1n) is 2.56. The molecule has 5 nitrogen and oxygen atoms in total. The molecule has 1 heterocycles. The predicted octanol–water partition coefficient (Wildman–Crippen LogP) is -0.113. The molecule has 1 aromatic rings. The van der Waals surface area contributed by atoms with E-state index in [1.54, 1.807) is 0 Å². The Morgan fingerprint density at radius 3 is 2.45 bits per heavy atom. The molecule has 1 rings (SSSR count). The summed E-state index contributed by atoms with van der Waals surface area (Å²) in [5.74, 6) is 0. The van der Waals surface area contributed by atoms with E-state index in [4.69, 9.17) is 4.55 Å². The molecule has 0 saturated heterocycles. The first kappa shape index (κ1) is 7.96. The molecule has 0 radical (unpaired) electrons. The molecule has 0 spiro atoms. The van der Waals surface area contributed by atoms with Crippen molar-refractivity contribution in [2.24, 2.45) is 0 Å². The second-order valence-electron chi connectivity index (χ2n) is 1.76. The van der Waals surface area contributed by atoms with Gasteiger partial charge in [-0.3, -0.25) is 9.35 Å². The first-order valence-corrected chi connectivity index (χ1v) is 4.00. The minimum Gasteiger partial charge on any atom is -0.451 e. The Bertz CT molecular complexity index is 401. The minimum absolute atomic E-state index is 0.538. The zero-order valence-electron chi connectivity index (χ0n) is 5.22. The van der Waals surface area contributed by atoms with Crippen molar-refractivity contribution < 1.29 is 17.4 Å². The highest BCUT2D eigenvalue weighted by molar-refractivity contribution is 7.85. The summed E-state index contributed by atoms with van der Waals surface area (Å²) in [6.45, 7) is 0. The van der Waals surface area contributed by atoms with E-state index in [0.29, 0.717) is 6.07 Å². The minimum atomic E-state index is -4.39. The van der Waals surface area contributed by atoms with Crippen molar-refractivity contribution in [2.75, 3.05) is 0 Å². The Balaban J connectivity index is 3.40. The van der Waals surface area contributed by atoms with Crippen LogP contribution in [-0.4, -0.2) is 13.0 Å². The van der Waals surface area contributed by atoms with E-state index >= 15 is 0 Å². The smallest absolute Gasteiger partial charge is 0.328 e. The maximum Gasteiger partial charge on any atom is 0.328 e. The van der Waals surface area contributed by atoms with E-state index in [1.165, 1.54) is 0 Å². The molecule has 60 valence electrons. The fourth-order valence-electron chi connectivity index (χ4n) is 0.502. The highest BCUT2D eigenvalue weighted by Crippen LogP contribution is 2.02. The summed E-state index contributed by atoms with van der Waals surface area (Å²) in [4.78, 5) is 10.5. The molecule has 0 amide bonds. The van der Waals surface area contributed by atoms with Crippen LogP contribution < -0.4 is 5.43 Å². The standard InChI is InChI=1S/C5H4O5S/c6-4-1-2-10-5(3-4)11(7,8)9/h1-3H,(H,7,8,9). The molecule has 1 N–H and O–H groups in total. The quantitative estimate of drug-likeness (QED) is 0.603. The molecular weight excluding hydrogens is 172 g/mol. The Labute approximate surface area is 62.0 Å². The molecule has 11 heavy (non-hydrogen) atoms. The molecule has 1 aromatic heterocycles. The van der Waals surface area contributed by atoms with Gasteiger partial charge in [-0.05, 0) is 0 Å². The molecule has 6 heteroatoms. The molecule has 0 aromatic carbocycles. The lowest BCUT2D eigenvalue weighted by Gasteiger charge is -1.91. The second kappa shape index (κ2) is 2.48. The Morgan fingerprint density at radius 1 is 1.45 bits per heavy atom. The van der Waals surface area contributed by atoms with Gasteiger partial charge >= 0.3 is 10.1 Å². The molecule has 0 atom stereocenters. The van der Waals surface area contributed by atoms with Crippen LogP contribution in [-0.2, 0) is 10.1 Å². The van der Waals surface area contributed by atoms with Crippen molar-refractivity contribution in [1.82, 2.24) is 0 Å². The van der Waals surface area contributed by atoms with Gasteiger partial charge in [-0.2, -0.15) is 8.42 Å². The van der Waals surface area contributed by atoms with Crippen LogP contribution in [0.15, 0.2) is 32.7 Å². The lowest BCUT2D eigenvalue weighted by atomic mass is 10.5. The van der Waals surface area contributed by atoms with Gasteiger partial charge in [0.15, 0.2) is 5.43 Å². The van der Waals surface area contributed by atoms with Crippen LogP contribution in [0.25, 0.3) is 0 Å². The Morgan fingerprint density at radius 2 is 2.09 bits per heavy atom. The summed E-state index contributed by atoms with van der Waals surface area (Å²) in [5.41, 5.74) is -0.538. The third-order valence-corrected chi connectivity index (χ3v) is 1.65. The van der Waals surface area contributed by atoms with Gasteiger partial charge in [-0.25, -0.2) is 0 Å². The summed E-state index contributed by atoms with van der Waals surface area (Å²) in [5, 5.41) is -0.745. The molecule has 0 aliphatic heterocycles. The van der Waals surface area contributed by atoms with E-state index in [2.05, 4.69) is 4.42 Å². The van der Waals surface area contributed by atoms with E-state index in [0.717, 1.165) is 12.3 Å². The van der Waals surface area contributed by atoms with Crippen LogP contribution in [0, 0.1) is 0 Å². The lowest BCUT2D eigenvalue weighted by molar-refractivity contribution is 0.394. The highest BCUT2D eigenvalue weighted by Gasteiger charge is 2.11. The van der Waals surface area contributed by atoms with Crippen molar-refractivity contribution in [2.45, 2.75) is 5.09 Å². The van der Waals surface area contributed by atoms with E-state index in [9.17, 15) is 13.2 Å². The maximum absolute atomic E-state index is 10.5. The average Bonchev–Trinajstić information content (AvgIpc) is 1.86. The topological polar surface area (TPSA) is 84.6 Å². The maximum atomic E-state index is 10.5. The van der Waals surface area contributed by atoms with Gasteiger partial charge in [-0.15, -0.1) is 0 Å². The monoisotopic (exact) mass is 176 g/mol. The second-order valence-corrected chi connectivity index (χ2v) is 3.11. The average molecular weight is 176 g/mol. The largest absolute Gasteiger partial charge is 0.451 e. The van der Waals surface area contributed by atoms with E-state index < -0.39 is 20.6 Å². The fraction of sp³-hybridized carbons (Fsp3) is 0. The molecule has 0 unspecified atom stereocenters. The zero-order valence-corrected chi connectivity index (χ0v) is 6.04. The molecular formula is C5H4O5S. The van der Waals surface area contributed by atoms with Gasteiger partial charge < -0.3 is 4.42 Å². The molecule has 0 fully saturated rings. The Hall–Kier alpha value is -1.14. The fourth-order valence-corrected chi connectivity index (χ4v) is 0.944. The third-order valence-electron chi connectivity index (χ3n) is 0.931. The normalized spacial score (nSPS) is 11.4. The van der Waals surface area contributed by atoms with Crippen molar-refractivity contribution in [3.05, 3.63) is 28.6 Å². The number of hydrogen-bond acceptors (Lipinski definition) is 4. The van der Waals surface area contributed by atoms with Gasteiger partial charge in [0.25, 0.3) is 0 Å². The van der Waals surface area contributed by atoms with Gasteiger partial charge in [0.05, 0.1) is 6.26 Å². The van der Waals surface area contributed by atoms with Crippen molar-refractivity contribution in [3.8, 4) is 0 Å². The summed E-state index contributed by atoms with van der Waals surface area (Å²) in [6, 6.07) is 1.73. The van der Waals surface area contributed by atoms with Crippen molar-refractivity contribution in [1.29, 1.82) is 0 Å². The third kappa shape index (κ3) is 1.89. The molecule has 0 aliphatic carbocycles. The summed E-state index contributed by atoms with van der Waals surface area (Å²) in [6.07, 6.45) is 0.894. The highest BCUT2D eigenvalue weighted by atomic mass is 32.2. The number of hydrogen-bond donors (Lipinski definition) is 1. The van der Waals surface area contributed by atoms with Crippen LogP contribution in [0.3, 0.4) is 0 Å². The molecule has 0 saturated carbocycles.